The molecular formula is C17H23N3O. The molecule has 3 unspecified atom stereocenters. The number of ether oxygens (including phenoxy) is 1. The van der Waals surface area contributed by atoms with Gasteiger partial charge in [0.25, 0.3) is 0 Å². The molecule has 2 N–H and O–H groups in total. The smallest absolute Gasteiger partial charge is 0.136 e. The molecule has 1 aromatic carbocycles. The van der Waals surface area contributed by atoms with E-state index < -0.39 is 0 Å². The third-order valence-electron chi connectivity index (χ3n) is 5.02. The van der Waals surface area contributed by atoms with Gasteiger partial charge in [0, 0.05) is 25.7 Å². The number of hydrogen-bond donors (Lipinski definition) is 1. The van der Waals surface area contributed by atoms with Crippen LogP contribution >= 0.6 is 0 Å². The van der Waals surface area contributed by atoms with Crippen LogP contribution in [0.3, 0.4) is 0 Å². The fourth-order valence-electron chi connectivity index (χ4n) is 3.92. The van der Waals surface area contributed by atoms with Gasteiger partial charge in [0.05, 0.1) is 12.7 Å². The first-order valence-corrected chi connectivity index (χ1v) is 7.76. The summed E-state index contributed by atoms with van der Waals surface area (Å²) in [7, 11) is 1.61. The third-order valence-corrected chi connectivity index (χ3v) is 5.02. The maximum Gasteiger partial charge on any atom is 0.136 e. The second-order valence-electron chi connectivity index (χ2n) is 6.36. The molecule has 2 aliphatic rings. The maximum atomic E-state index is 9.04. The van der Waals surface area contributed by atoms with Gasteiger partial charge in [-0.05, 0) is 42.4 Å². The number of fused-ring (bicyclic) bond motifs is 1. The zero-order chi connectivity index (χ0) is 14.8. The van der Waals surface area contributed by atoms with Crippen LogP contribution in [-0.2, 0) is 6.54 Å². The van der Waals surface area contributed by atoms with Crippen LogP contribution in [0.1, 0.15) is 30.4 Å². The molecule has 4 heteroatoms. The van der Waals surface area contributed by atoms with E-state index in [1.54, 1.807) is 7.11 Å². The van der Waals surface area contributed by atoms with Gasteiger partial charge in [-0.15, -0.1) is 0 Å². The second kappa shape index (κ2) is 6.05. The van der Waals surface area contributed by atoms with Gasteiger partial charge in [0.1, 0.15) is 11.8 Å². The van der Waals surface area contributed by atoms with Crippen molar-refractivity contribution in [2.75, 3.05) is 20.2 Å². The summed E-state index contributed by atoms with van der Waals surface area (Å²) in [4.78, 5) is 2.50. The van der Waals surface area contributed by atoms with Crippen LogP contribution in [0.4, 0.5) is 0 Å². The van der Waals surface area contributed by atoms with E-state index in [0.29, 0.717) is 23.3 Å². The average molecular weight is 285 g/mol. The quantitative estimate of drug-likeness (QED) is 0.924. The van der Waals surface area contributed by atoms with Crippen LogP contribution in [0.25, 0.3) is 0 Å². The lowest BCUT2D eigenvalue weighted by atomic mass is 9.78. The van der Waals surface area contributed by atoms with E-state index in [0.717, 1.165) is 25.6 Å². The van der Waals surface area contributed by atoms with Crippen LogP contribution in [0.5, 0.6) is 5.75 Å². The van der Waals surface area contributed by atoms with Gasteiger partial charge >= 0.3 is 0 Å². The zero-order valence-corrected chi connectivity index (χ0v) is 12.6. The Bertz CT molecular complexity index is 551. The molecule has 4 nitrogen and oxygen atoms in total. The molecule has 3 atom stereocenters. The molecule has 0 aromatic heterocycles. The number of rotatable bonds is 3. The monoisotopic (exact) mass is 285 g/mol. The van der Waals surface area contributed by atoms with Crippen molar-refractivity contribution in [1.29, 1.82) is 5.26 Å². The molecule has 0 amide bonds. The fraction of sp³-hybridized carbons (Fsp3) is 0.588. The van der Waals surface area contributed by atoms with Crippen molar-refractivity contribution in [3.8, 4) is 11.8 Å². The van der Waals surface area contributed by atoms with E-state index in [-0.39, 0.29) is 0 Å². The largest absolute Gasteiger partial charge is 0.495 e. The Balaban J connectivity index is 1.69. The third kappa shape index (κ3) is 2.90. The Morgan fingerprint density at radius 3 is 2.95 bits per heavy atom. The van der Waals surface area contributed by atoms with Gasteiger partial charge in [0.2, 0.25) is 0 Å². The normalized spacial score (nSPS) is 28.9. The number of nitriles is 1. The molecule has 1 saturated carbocycles. The van der Waals surface area contributed by atoms with Crippen LogP contribution in [-0.4, -0.2) is 31.1 Å². The molecular weight excluding hydrogens is 262 g/mol. The number of hydrogen-bond acceptors (Lipinski definition) is 4. The van der Waals surface area contributed by atoms with E-state index in [2.05, 4.69) is 11.0 Å². The summed E-state index contributed by atoms with van der Waals surface area (Å²) in [5, 5.41) is 9.04. The first-order chi connectivity index (χ1) is 10.2. The maximum absolute atomic E-state index is 9.04. The van der Waals surface area contributed by atoms with Crippen molar-refractivity contribution in [3.63, 3.8) is 0 Å². The van der Waals surface area contributed by atoms with Crippen molar-refractivity contribution < 1.29 is 4.74 Å². The van der Waals surface area contributed by atoms with Gasteiger partial charge in [-0.2, -0.15) is 5.26 Å². The lowest BCUT2D eigenvalue weighted by Crippen LogP contribution is -2.38. The highest BCUT2D eigenvalue weighted by Crippen LogP contribution is 2.36. The second-order valence-corrected chi connectivity index (χ2v) is 6.36. The summed E-state index contributed by atoms with van der Waals surface area (Å²) in [6, 6.07) is 8.41. The average Bonchev–Trinajstić information content (AvgIpc) is 2.91. The highest BCUT2D eigenvalue weighted by molar-refractivity contribution is 5.45. The lowest BCUT2D eigenvalue weighted by molar-refractivity contribution is 0.259. The van der Waals surface area contributed by atoms with E-state index in [4.69, 9.17) is 15.7 Å². The number of benzene rings is 1. The van der Waals surface area contributed by atoms with Crippen molar-refractivity contribution >= 4 is 0 Å². The van der Waals surface area contributed by atoms with Crippen molar-refractivity contribution in [2.24, 2.45) is 17.6 Å². The summed E-state index contributed by atoms with van der Waals surface area (Å²) in [5.74, 6) is 2.11. The minimum atomic E-state index is 0.379. The van der Waals surface area contributed by atoms with Crippen molar-refractivity contribution in [2.45, 2.75) is 31.8 Å². The lowest BCUT2D eigenvalue weighted by Gasteiger charge is -2.29. The summed E-state index contributed by atoms with van der Waals surface area (Å²) < 4.78 is 5.29. The van der Waals surface area contributed by atoms with E-state index >= 15 is 0 Å². The number of methoxy groups -OCH3 is 1. The predicted molar refractivity (Wildman–Crippen MR) is 81.8 cm³/mol. The first-order valence-electron chi connectivity index (χ1n) is 7.76. The summed E-state index contributed by atoms with van der Waals surface area (Å²) >= 11 is 0. The molecule has 1 aliphatic heterocycles. The van der Waals surface area contributed by atoms with Crippen LogP contribution < -0.4 is 10.5 Å². The van der Waals surface area contributed by atoms with Crippen molar-refractivity contribution in [3.05, 3.63) is 29.3 Å². The predicted octanol–water partition coefficient (Wildman–Crippen LogP) is 2.13. The standard InChI is InChI=1S/C17H23N3O/c1-21-17-7-12(5-6-13(17)8-18)9-20-10-14-3-2-4-16(19)15(14)11-20/h5-7,14-16H,2-4,9-11,19H2,1H3. The molecule has 3 rings (SSSR count). The van der Waals surface area contributed by atoms with Gasteiger partial charge in [0.15, 0.2) is 0 Å². The minimum absolute atomic E-state index is 0.379. The fourth-order valence-corrected chi connectivity index (χ4v) is 3.92. The van der Waals surface area contributed by atoms with Gasteiger partial charge in [-0.3, -0.25) is 4.90 Å². The van der Waals surface area contributed by atoms with Gasteiger partial charge in [-0.1, -0.05) is 12.5 Å². The molecule has 0 radical (unpaired) electrons. The molecule has 1 aliphatic carbocycles. The molecule has 0 spiro atoms. The first kappa shape index (κ1) is 14.4. The highest BCUT2D eigenvalue weighted by Gasteiger charge is 2.38. The zero-order valence-electron chi connectivity index (χ0n) is 12.6. The SMILES string of the molecule is COc1cc(CN2CC3CCCC(N)C3C2)ccc1C#N. The summed E-state index contributed by atoms with van der Waals surface area (Å²) in [5.41, 5.74) is 8.08. The van der Waals surface area contributed by atoms with E-state index in [1.165, 1.54) is 24.8 Å². The number of likely N-dealkylation sites (tertiary alicyclic amines) is 1. The Kier molecular flexibility index (Phi) is 4.14. The summed E-state index contributed by atoms with van der Waals surface area (Å²) in [6.07, 6.45) is 3.78. The molecule has 112 valence electrons. The Morgan fingerprint density at radius 1 is 1.38 bits per heavy atom. The van der Waals surface area contributed by atoms with E-state index in [1.807, 2.05) is 18.2 Å². The minimum Gasteiger partial charge on any atom is -0.495 e. The summed E-state index contributed by atoms with van der Waals surface area (Å²) in [6.45, 7) is 3.18. The molecule has 0 bridgehead atoms. The molecule has 1 saturated heterocycles. The Labute approximate surface area is 126 Å². The number of nitrogens with zero attached hydrogens (tertiary/aromatic N) is 2. The van der Waals surface area contributed by atoms with Gasteiger partial charge < -0.3 is 10.5 Å². The Morgan fingerprint density at radius 2 is 2.24 bits per heavy atom. The molecule has 1 aromatic rings. The van der Waals surface area contributed by atoms with Crippen LogP contribution in [0.2, 0.25) is 0 Å². The van der Waals surface area contributed by atoms with E-state index in [9.17, 15) is 0 Å². The molecule has 21 heavy (non-hydrogen) atoms. The van der Waals surface area contributed by atoms with Crippen LogP contribution in [0.15, 0.2) is 18.2 Å². The highest BCUT2D eigenvalue weighted by atomic mass is 16.5. The molecule has 1 heterocycles. The van der Waals surface area contributed by atoms with Crippen LogP contribution in [0, 0.1) is 23.2 Å². The molecule has 2 fully saturated rings. The number of nitrogens with two attached hydrogens (primary N) is 1. The Hall–Kier alpha value is -1.57. The van der Waals surface area contributed by atoms with Gasteiger partial charge in [-0.25, -0.2) is 0 Å². The topological polar surface area (TPSA) is 62.3 Å². The van der Waals surface area contributed by atoms with Crippen molar-refractivity contribution in [1.82, 2.24) is 4.90 Å².